The Kier molecular flexibility index (Phi) is 5.17. The second-order valence-electron chi connectivity index (χ2n) is 6.21. The van der Waals surface area contributed by atoms with Crippen molar-refractivity contribution in [3.63, 3.8) is 0 Å². The predicted octanol–water partition coefficient (Wildman–Crippen LogP) is 1.04. The van der Waals surface area contributed by atoms with Gasteiger partial charge < -0.3 is 20.3 Å². The molecule has 0 aliphatic rings. The molecule has 3 N–H and O–H groups in total. The summed E-state index contributed by atoms with van der Waals surface area (Å²) in [5.74, 6) is 0. The lowest BCUT2D eigenvalue weighted by Crippen LogP contribution is -2.34. The summed E-state index contributed by atoms with van der Waals surface area (Å²) < 4.78 is 6.56. The van der Waals surface area contributed by atoms with Crippen LogP contribution in [0.2, 0.25) is 0 Å². The van der Waals surface area contributed by atoms with Gasteiger partial charge in [-0.15, -0.1) is 0 Å². The molecule has 2 aromatic heterocycles. The van der Waals surface area contributed by atoms with Crippen molar-refractivity contribution >= 4 is 11.7 Å². The quantitative estimate of drug-likeness (QED) is 0.759. The van der Waals surface area contributed by atoms with Crippen LogP contribution in [0.3, 0.4) is 0 Å². The molecule has 23 heavy (non-hydrogen) atoms. The monoisotopic (exact) mass is 322 g/mol. The molecule has 8 heteroatoms. The molecule has 0 saturated carbocycles. The number of rotatable bonds is 5. The SMILES string of the molecule is CC(C)(C)OC(=O)NCCC(O)C(O)c1cnc2cccnn12. The Bertz CT molecular complexity index is 665. The van der Waals surface area contributed by atoms with Crippen molar-refractivity contribution in [1.82, 2.24) is 19.9 Å². The van der Waals surface area contributed by atoms with Gasteiger partial charge in [-0.2, -0.15) is 5.10 Å². The molecule has 8 nitrogen and oxygen atoms in total. The van der Waals surface area contributed by atoms with Gasteiger partial charge in [-0.25, -0.2) is 14.3 Å². The van der Waals surface area contributed by atoms with Gasteiger partial charge in [-0.05, 0) is 39.3 Å². The van der Waals surface area contributed by atoms with Gasteiger partial charge in [0.2, 0.25) is 0 Å². The normalized spacial score (nSPS) is 14.5. The van der Waals surface area contributed by atoms with Crippen molar-refractivity contribution in [3.8, 4) is 0 Å². The predicted molar refractivity (Wildman–Crippen MR) is 82.8 cm³/mol. The van der Waals surface area contributed by atoms with Crippen LogP contribution in [-0.4, -0.2) is 49.2 Å². The Balaban J connectivity index is 1.88. The van der Waals surface area contributed by atoms with Gasteiger partial charge >= 0.3 is 6.09 Å². The third-order valence-corrected chi connectivity index (χ3v) is 3.08. The summed E-state index contributed by atoms with van der Waals surface area (Å²) in [6, 6.07) is 3.49. The first kappa shape index (κ1) is 17.2. The molecule has 2 aromatic rings. The summed E-state index contributed by atoms with van der Waals surface area (Å²) in [6.45, 7) is 5.48. The number of carbonyl (C=O) groups is 1. The first-order valence-electron chi connectivity index (χ1n) is 7.39. The van der Waals surface area contributed by atoms with Crippen molar-refractivity contribution in [2.75, 3.05) is 6.54 Å². The van der Waals surface area contributed by atoms with Crippen molar-refractivity contribution in [1.29, 1.82) is 0 Å². The lowest BCUT2D eigenvalue weighted by atomic mass is 10.1. The first-order valence-corrected chi connectivity index (χ1v) is 7.39. The van der Waals surface area contributed by atoms with Crippen molar-refractivity contribution in [2.24, 2.45) is 0 Å². The highest BCUT2D eigenvalue weighted by Gasteiger charge is 2.23. The average molecular weight is 322 g/mol. The fourth-order valence-corrected chi connectivity index (χ4v) is 2.04. The van der Waals surface area contributed by atoms with Crippen LogP contribution < -0.4 is 5.32 Å². The maximum atomic E-state index is 11.5. The highest BCUT2D eigenvalue weighted by Crippen LogP contribution is 2.19. The van der Waals surface area contributed by atoms with E-state index in [0.717, 1.165) is 0 Å². The van der Waals surface area contributed by atoms with Crippen LogP contribution in [0.1, 0.15) is 39.0 Å². The number of imidazole rings is 1. The molecular weight excluding hydrogens is 300 g/mol. The highest BCUT2D eigenvalue weighted by atomic mass is 16.6. The first-order chi connectivity index (χ1) is 10.8. The van der Waals surface area contributed by atoms with E-state index in [9.17, 15) is 15.0 Å². The number of ether oxygens (including phenoxy) is 1. The van der Waals surface area contributed by atoms with Crippen LogP contribution in [0.15, 0.2) is 24.5 Å². The zero-order chi connectivity index (χ0) is 17.0. The minimum Gasteiger partial charge on any atom is -0.444 e. The van der Waals surface area contributed by atoms with E-state index >= 15 is 0 Å². The Morgan fingerprint density at radius 3 is 2.87 bits per heavy atom. The van der Waals surface area contributed by atoms with Gasteiger partial charge in [0.05, 0.1) is 18.0 Å². The largest absolute Gasteiger partial charge is 0.444 e. The summed E-state index contributed by atoms with van der Waals surface area (Å²) >= 11 is 0. The molecule has 0 saturated heterocycles. The van der Waals surface area contributed by atoms with Crippen molar-refractivity contribution < 1.29 is 19.7 Å². The molecule has 2 rings (SSSR count). The second-order valence-corrected chi connectivity index (χ2v) is 6.21. The fourth-order valence-electron chi connectivity index (χ4n) is 2.04. The van der Waals surface area contributed by atoms with E-state index in [-0.39, 0.29) is 13.0 Å². The van der Waals surface area contributed by atoms with Crippen LogP contribution >= 0.6 is 0 Å². The summed E-state index contributed by atoms with van der Waals surface area (Å²) in [4.78, 5) is 15.6. The topological polar surface area (TPSA) is 109 Å². The molecule has 0 aromatic carbocycles. The molecule has 2 atom stereocenters. The standard InChI is InChI=1S/C15H22N4O4/c1-15(2,3)23-14(22)16-8-6-11(20)13(21)10-9-17-12-5-4-7-18-19(10)12/h4-5,7,9,11,13,20-21H,6,8H2,1-3H3,(H,16,22). The number of nitrogens with zero attached hydrogens (tertiary/aromatic N) is 3. The maximum absolute atomic E-state index is 11.5. The van der Waals surface area contributed by atoms with Gasteiger partial charge in [-0.1, -0.05) is 0 Å². The maximum Gasteiger partial charge on any atom is 0.407 e. The summed E-state index contributed by atoms with van der Waals surface area (Å²) in [5, 5.41) is 26.9. The van der Waals surface area contributed by atoms with Crippen LogP contribution in [-0.2, 0) is 4.74 Å². The number of aliphatic hydroxyl groups is 2. The molecule has 0 fully saturated rings. The van der Waals surface area contributed by atoms with E-state index in [2.05, 4.69) is 15.4 Å². The fraction of sp³-hybridized carbons (Fsp3) is 0.533. The molecule has 0 spiro atoms. The highest BCUT2D eigenvalue weighted by molar-refractivity contribution is 5.67. The number of aliphatic hydroxyl groups excluding tert-OH is 2. The number of nitrogens with one attached hydrogen (secondary N) is 1. The zero-order valence-corrected chi connectivity index (χ0v) is 13.4. The lowest BCUT2D eigenvalue weighted by molar-refractivity contribution is 0.00894. The van der Waals surface area contributed by atoms with Gasteiger partial charge in [-0.3, -0.25) is 0 Å². The summed E-state index contributed by atoms with van der Waals surface area (Å²) in [5.41, 5.74) is 0.399. The van der Waals surface area contributed by atoms with Crippen molar-refractivity contribution in [2.45, 2.75) is 45.0 Å². The van der Waals surface area contributed by atoms with E-state index < -0.39 is 23.9 Å². The van der Waals surface area contributed by atoms with E-state index in [1.165, 1.54) is 10.7 Å². The third kappa shape index (κ3) is 4.64. The molecule has 0 bridgehead atoms. The number of alkyl carbamates (subject to hydrolysis) is 1. The van der Waals surface area contributed by atoms with E-state index in [1.807, 2.05) is 0 Å². The minimum absolute atomic E-state index is 0.167. The van der Waals surface area contributed by atoms with Crippen LogP contribution in [0.5, 0.6) is 0 Å². The second kappa shape index (κ2) is 6.93. The number of aromatic nitrogens is 3. The van der Waals surface area contributed by atoms with Gasteiger partial charge in [0.1, 0.15) is 11.7 Å². The molecule has 0 aliphatic carbocycles. The van der Waals surface area contributed by atoms with Crippen LogP contribution in [0.4, 0.5) is 4.79 Å². The molecule has 1 amide bonds. The molecule has 2 unspecified atom stereocenters. The molecule has 126 valence electrons. The molecule has 0 radical (unpaired) electrons. The van der Waals surface area contributed by atoms with E-state index in [0.29, 0.717) is 11.3 Å². The Hall–Kier alpha value is -2.19. The number of carbonyl (C=O) groups excluding carboxylic acids is 1. The number of amides is 1. The number of hydrogen-bond donors (Lipinski definition) is 3. The average Bonchev–Trinajstić information content (AvgIpc) is 2.88. The van der Waals surface area contributed by atoms with Gasteiger partial charge in [0.25, 0.3) is 0 Å². The van der Waals surface area contributed by atoms with Gasteiger partial charge in [0.15, 0.2) is 5.65 Å². The number of fused-ring (bicyclic) bond motifs is 1. The van der Waals surface area contributed by atoms with Crippen molar-refractivity contribution in [3.05, 3.63) is 30.2 Å². The lowest BCUT2D eigenvalue weighted by Gasteiger charge is -2.21. The van der Waals surface area contributed by atoms with E-state index in [4.69, 9.17) is 4.74 Å². The van der Waals surface area contributed by atoms with Gasteiger partial charge in [0, 0.05) is 12.7 Å². The molecule has 0 aliphatic heterocycles. The Labute approximate surface area is 134 Å². The van der Waals surface area contributed by atoms with Crippen LogP contribution in [0.25, 0.3) is 5.65 Å². The van der Waals surface area contributed by atoms with Crippen LogP contribution in [0, 0.1) is 0 Å². The van der Waals surface area contributed by atoms with E-state index in [1.54, 1.807) is 39.1 Å². The molecule has 2 heterocycles. The zero-order valence-electron chi connectivity index (χ0n) is 13.4. The third-order valence-electron chi connectivity index (χ3n) is 3.08. The minimum atomic E-state index is -1.15. The summed E-state index contributed by atoms with van der Waals surface area (Å²) in [7, 11) is 0. The number of hydrogen-bond acceptors (Lipinski definition) is 6. The Morgan fingerprint density at radius 1 is 1.43 bits per heavy atom. The summed E-state index contributed by atoms with van der Waals surface area (Å²) in [6.07, 6.45) is 0.433. The molecular formula is C15H22N4O4. The smallest absolute Gasteiger partial charge is 0.407 e. The Morgan fingerprint density at radius 2 is 2.17 bits per heavy atom.